The highest BCUT2D eigenvalue weighted by molar-refractivity contribution is 7.98. The highest BCUT2D eigenvalue weighted by Crippen LogP contribution is 2.31. The molecule has 37 heavy (non-hydrogen) atoms. The average molecular weight is 542 g/mol. The van der Waals surface area contributed by atoms with Crippen LogP contribution in [0, 0.1) is 11.7 Å². The highest BCUT2D eigenvalue weighted by Gasteiger charge is 2.30. The summed E-state index contributed by atoms with van der Waals surface area (Å²) in [6, 6.07) is 9.85. The summed E-state index contributed by atoms with van der Waals surface area (Å²) in [5.41, 5.74) is 0.648. The third-order valence-corrected chi connectivity index (χ3v) is 7.86. The highest BCUT2D eigenvalue weighted by atomic mass is 32.2. The smallest absolute Gasteiger partial charge is 0.310 e. The van der Waals surface area contributed by atoms with E-state index in [1.165, 1.54) is 35.4 Å². The van der Waals surface area contributed by atoms with E-state index in [2.05, 4.69) is 15.2 Å². The summed E-state index contributed by atoms with van der Waals surface area (Å²) >= 11 is 2.70. The van der Waals surface area contributed by atoms with Crippen LogP contribution in [0.5, 0.6) is 0 Å². The normalized spacial score (nSPS) is 15.6. The molecule has 1 unspecified atom stereocenters. The lowest BCUT2D eigenvalue weighted by molar-refractivity contribution is -0.149. The van der Waals surface area contributed by atoms with E-state index in [4.69, 9.17) is 9.15 Å². The molecule has 1 fully saturated rings. The zero-order valence-electron chi connectivity index (χ0n) is 20.0. The number of hydrogen-bond acceptors (Lipinski definition) is 9. The van der Waals surface area contributed by atoms with Gasteiger partial charge in [0, 0.05) is 18.5 Å². The van der Waals surface area contributed by atoms with Gasteiger partial charge in [-0.3, -0.25) is 14.2 Å². The van der Waals surface area contributed by atoms with Crippen LogP contribution < -0.4 is 0 Å². The van der Waals surface area contributed by atoms with Crippen LogP contribution in [-0.4, -0.2) is 56.2 Å². The monoisotopic (exact) mass is 541 g/mol. The number of likely N-dealkylation sites (tertiary alicyclic amines) is 1. The minimum Gasteiger partial charge on any atom is -0.466 e. The maximum atomic E-state index is 14.7. The van der Waals surface area contributed by atoms with Gasteiger partial charge in [0.1, 0.15) is 16.5 Å². The van der Waals surface area contributed by atoms with Crippen LogP contribution in [-0.2, 0) is 15.3 Å². The molecule has 1 saturated heterocycles. The molecule has 9 nitrogen and oxygen atoms in total. The van der Waals surface area contributed by atoms with Crippen molar-refractivity contribution >= 4 is 35.0 Å². The standard InChI is InChI=1S/C25H24FN5O4S2/c1-2-34-24(33)16-7-5-11-30(13-16)23(32)18-14-36-21(27-18)15-37-25-29-28-22(20-10-6-12-35-20)31(25)19-9-4-3-8-17(19)26/h3-4,6,8-10,12,14,16H,2,5,7,11,13,15H2,1H3. The van der Waals surface area contributed by atoms with Crippen molar-refractivity contribution in [3.63, 3.8) is 0 Å². The van der Waals surface area contributed by atoms with Gasteiger partial charge in [0.15, 0.2) is 10.9 Å². The van der Waals surface area contributed by atoms with E-state index in [-0.39, 0.29) is 17.8 Å². The fraction of sp³-hybridized carbons (Fsp3) is 0.320. The number of piperidine rings is 1. The number of thiazole rings is 1. The molecule has 1 aromatic carbocycles. The lowest BCUT2D eigenvalue weighted by atomic mass is 9.98. The van der Waals surface area contributed by atoms with Gasteiger partial charge in [-0.15, -0.1) is 21.5 Å². The Morgan fingerprint density at radius 3 is 2.89 bits per heavy atom. The van der Waals surface area contributed by atoms with E-state index in [9.17, 15) is 14.0 Å². The predicted octanol–water partition coefficient (Wildman–Crippen LogP) is 4.83. The fourth-order valence-corrected chi connectivity index (χ4v) is 5.89. The number of carbonyl (C=O) groups excluding carboxylic acids is 2. The second kappa shape index (κ2) is 11.3. The van der Waals surface area contributed by atoms with Crippen LogP contribution in [0.15, 0.2) is 57.6 Å². The summed E-state index contributed by atoms with van der Waals surface area (Å²) in [5, 5.41) is 11.4. The van der Waals surface area contributed by atoms with E-state index < -0.39 is 5.82 Å². The number of ether oxygens (including phenoxy) is 1. The summed E-state index contributed by atoms with van der Waals surface area (Å²) in [6.07, 6.45) is 2.98. The Morgan fingerprint density at radius 2 is 2.11 bits per heavy atom. The Morgan fingerprint density at radius 1 is 1.24 bits per heavy atom. The summed E-state index contributed by atoms with van der Waals surface area (Å²) in [4.78, 5) is 31.4. The SMILES string of the molecule is CCOC(=O)C1CCCN(C(=O)c2csc(CSc3nnc(-c4ccco4)n3-c3ccccc3F)n2)C1. The molecule has 0 N–H and O–H groups in total. The third-order valence-electron chi connectivity index (χ3n) is 5.89. The Kier molecular flexibility index (Phi) is 7.65. The second-order valence-corrected chi connectivity index (χ2v) is 10.2. The number of para-hydroxylation sites is 1. The first-order valence-corrected chi connectivity index (χ1v) is 13.7. The van der Waals surface area contributed by atoms with Crippen molar-refractivity contribution in [1.29, 1.82) is 0 Å². The second-order valence-electron chi connectivity index (χ2n) is 8.33. The molecule has 0 bridgehead atoms. The Hall–Kier alpha value is -3.51. The van der Waals surface area contributed by atoms with E-state index in [1.54, 1.807) is 52.1 Å². The molecular weight excluding hydrogens is 517 g/mol. The number of nitrogens with zero attached hydrogens (tertiary/aromatic N) is 5. The van der Waals surface area contributed by atoms with Gasteiger partial charge in [0.25, 0.3) is 5.91 Å². The van der Waals surface area contributed by atoms with Crippen molar-refractivity contribution in [3.8, 4) is 17.3 Å². The molecule has 4 aromatic rings. The van der Waals surface area contributed by atoms with Crippen molar-refractivity contribution in [2.75, 3.05) is 19.7 Å². The molecular formula is C25H24FN5O4S2. The first-order chi connectivity index (χ1) is 18.0. The Bertz CT molecular complexity index is 1390. The number of rotatable bonds is 8. The lowest BCUT2D eigenvalue weighted by Gasteiger charge is -2.31. The summed E-state index contributed by atoms with van der Waals surface area (Å²) in [6.45, 7) is 3.01. The number of hydrogen-bond donors (Lipinski definition) is 0. The minimum atomic E-state index is -0.415. The van der Waals surface area contributed by atoms with Crippen molar-refractivity contribution in [1.82, 2.24) is 24.6 Å². The summed E-state index contributed by atoms with van der Waals surface area (Å²) in [7, 11) is 0. The number of aromatic nitrogens is 4. The maximum Gasteiger partial charge on any atom is 0.310 e. The van der Waals surface area contributed by atoms with Crippen LogP contribution in [0.25, 0.3) is 17.3 Å². The first kappa shape index (κ1) is 25.2. The van der Waals surface area contributed by atoms with E-state index in [1.807, 2.05) is 0 Å². The van der Waals surface area contributed by atoms with Crippen LogP contribution >= 0.6 is 23.1 Å². The molecule has 0 radical (unpaired) electrons. The number of carbonyl (C=O) groups is 2. The van der Waals surface area contributed by atoms with Gasteiger partial charge in [-0.25, -0.2) is 9.37 Å². The van der Waals surface area contributed by atoms with Crippen LogP contribution in [0.2, 0.25) is 0 Å². The van der Waals surface area contributed by atoms with E-state index in [0.29, 0.717) is 60.0 Å². The topological polar surface area (TPSA) is 103 Å². The molecule has 1 aliphatic heterocycles. The van der Waals surface area contributed by atoms with Crippen molar-refractivity contribution < 1.29 is 23.1 Å². The van der Waals surface area contributed by atoms with Crippen LogP contribution in [0.3, 0.4) is 0 Å². The van der Waals surface area contributed by atoms with Gasteiger partial charge in [0.05, 0.1) is 30.2 Å². The summed E-state index contributed by atoms with van der Waals surface area (Å²) < 4.78 is 26.9. The molecule has 192 valence electrons. The molecule has 0 spiro atoms. The van der Waals surface area contributed by atoms with Gasteiger partial charge < -0.3 is 14.1 Å². The molecule has 5 rings (SSSR count). The zero-order valence-corrected chi connectivity index (χ0v) is 21.6. The van der Waals surface area contributed by atoms with E-state index in [0.717, 1.165) is 11.4 Å². The first-order valence-electron chi connectivity index (χ1n) is 11.8. The Balaban J connectivity index is 1.31. The van der Waals surface area contributed by atoms with Gasteiger partial charge in [-0.1, -0.05) is 23.9 Å². The fourth-order valence-electron chi connectivity index (χ4n) is 4.16. The maximum absolute atomic E-state index is 14.7. The quantitative estimate of drug-likeness (QED) is 0.231. The van der Waals surface area contributed by atoms with Gasteiger partial charge in [-0.2, -0.15) is 0 Å². The summed E-state index contributed by atoms with van der Waals surface area (Å²) in [5.74, 6) is 0.0792. The van der Waals surface area contributed by atoms with Crippen molar-refractivity contribution in [3.05, 3.63) is 64.6 Å². The number of halogens is 1. The number of benzene rings is 1. The number of esters is 1. The molecule has 3 aromatic heterocycles. The van der Waals surface area contributed by atoms with Crippen molar-refractivity contribution in [2.45, 2.75) is 30.7 Å². The molecule has 1 aliphatic rings. The molecule has 1 amide bonds. The van der Waals surface area contributed by atoms with Crippen LogP contribution in [0.4, 0.5) is 4.39 Å². The van der Waals surface area contributed by atoms with E-state index >= 15 is 0 Å². The van der Waals surface area contributed by atoms with Gasteiger partial charge in [0.2, 0.25) is 5.82 Å². The van der Waals surface area contributed by atoms with Gasteiger partial charge >= 0.3 is 5.97 Å². The lowest BCUT2D eigenvalue weighted by Crippen LogP contribution is -2.43. The van der Waals surface area contributed by atoms with Gasteiger partial charge in [-0.05, 0) is 44.0 Å². The molecule has 12 heteroatoms. The molecule has 0 aliphatic carbocycles. The largest absolute Gasteiger partial charge is 0.466 e. The predicted molar refractivity (Wildman–Crippen MR) is 136 cm³/mol. The molecule has 4 heterocycles. The molecule has 1 atom stereocenters. The number of thioether (sulfide) groups is 1. The molecule has 0 saturated carbocycles. The number of amides is 1. The third kappa shape index (κ3) is 5.44. The van der Waals surface area contributed by atoms with Crippen molar-refractivity contribution in [2.24, 2.45) is 5.92 Å². The zero-order chi connectivity index (χ0) is 25.8. The average Bonchev–Trinajstić information content (AvgIpc) is 3.68. The minimum absolute atomic E-state index is 0.198. The van der Waals surface area contributed by atoms with Crippen LogP contribution in [0.1, 0.15) is 35.3 Å². The Labute approximate surface area is 220 Å². The number of furan rings is 1.